The Morgan fingerprint density at radius 1 is 1.25 bits per heavy atom. The number of aryl methyl sites for hydroxylation is 1. The second-order valence-corrected chi connectivity index (χ2v) is 5.62. The molecule has 16 heavy (non-hydrogen) atoms. The van der Waals surface area contributed by atoms with Crippen LogP contribution in [-0.4, -0.2) is 28.1 Å². The van der Waals surface area contributed by atoms with Gasteiger partial charge in [0.2, 0.25) is 10.0 Å². The van der Waals surface area contributed by atoms with Gasteiger partial charge in [0.15, 0.2) is 0 Å². The molecule has 0 saturated heterocycles. The van der Waals surface area contributed by atoms with Crippen LogP contribution in [0, 0.1) is 6.92 Å². The zero-order valence-electron chi connectivity index (χ0n) is 9.82. The van der Waals surface area contributed by atoms with Gasteiger partial charge in [-0.15, -0.1) is 0 Å². The number of rotatable bonds is 5. The summed E-state index contributed by atoms with van der Waals surface area (Å²) < 4.78 is 26.2. The van der Waals surface area contributed by atoms with Crippen molar-refractivity contribution in [3.63, 3.8) is 0 Å². The first-order valence-electron chi connectivity index (χ1n) is 5.19. The first-order chi connectivity index (χ1) is 7.45. The summed E-state index contributed by atoms with van der Waals surface area (Å²) in [6, 6.07) is 6.91. The van der Waals surface area contributed by atoms with E-state index >= 15 is 0 Å². The molecule has 1 rings (SSSR count). The molecule has 90 valence electrons. The van der Waals surface area contributed by atoms with Crippen LogP contribution < -0.4 is 10.0 Å². The summed E-state index contributed by atoms with van der Waals surface area (Å²) in [5.41, 5.74) is 1.04. The number of benzene rings is 1. The third-order valence-electron chi connectivity index (χ3n) is 2.40. The second kappa shape index (κ2) is 5.43. The van der Waals surface area contributed by atoms with E-state index in [1.165, 1.54) is 0 Å². The average Bonchev–Trinajstić information content (AvgIpc) is 2.26. The molecule has 1 aromatic rings. The first-order valence-corrected chi connectivity index (χ1v) is 6.67. The SMILES string of the molecule is CNC(C)CNS(=O)(=O)c1ccc(C)cc1. The Balaban J connectivity index is 2.74. The van der Waals surface area contributed by atoms with Crippen molar-refractivity contribution in [2.24, 2.45) is 0 Å². The Morgan fingerprint density at radius 3 is 2.31 bits per heavy atom. The third kappa shape index (κ3) is 3.59. The monoisotopic (exact) mass is 242 g/mol. The van der Waals surface area contributed by atoms with Gasteiger partial charge in [-0.1, -0.05) is 17.7 Å². The fourth-order valence-corrected chi connectivity index (χ4v) is 2.27. The van der Waals surface area contributed by atoms with Crippen LogP contribution in [0.3, 0.4) is 0 Å². The van der Waals surface area contributed by atoms with Crippen LogP contribution in [0.2, 0.25) is 0 Å². The first kappa shape index (κ1) is 13.2. The van der Waals surface area contributed by atoms with Crippen LogP contribution >= 0.6 is 0 Å². The zero-order chi connectivity index (χ0) is 12.2. The fourth-order valence-electron chi connectivity index (χ4n) is 1.14. The predicted octanol–water partition coefficient (Wildman–Crippen LogP) is 0.881. The van der Waals surface area contributed by atoms with Crippen molar-refractivity contribution >= 4 is 10.0 Å². The fraction of sp³-hybridized carbons (Fsp3) is 0.455. The van der Waals surface area contributed by atoms with Crippen molar-refractivity contribution in [1.29, 1.82) is 0 Å². The van der Waals surface area contributed by atoms with Gasteiger partial charge < -0.3 is 5.32 Å². The van der Waals surface area contributed by atoms with E-state index in [0.29, 0.717) is 11.4 Å². The van der Waals surface area contributed by atoms with Gasteiger partial charge in [0.25, 0.3) is 0 Å². The zero-order valence-corrected chi connectivity index (χ0v) is 10.6. The van der Waals surface area contributed by atoms with E-state index in [2.05, 4.69) is 10.0 Å². The highest BCUT2D eigenvalue weighted by atomic mass is 32.2. The minimum atomic E-state index is -3.37. The van der Waals surface area contributed by atoms with Crippen LogP contribution in [-0.2, 0) is 10.0 Å². The van der Waals surface area contributed by atoms with E-state index < -0.39 is 10.0 Å². The van der Waals surface area contributed by atoms with Crippen molar-refractivity contribution in [1.82, 2.24) is 10.0 Å². The smallest absolute Gasteiger partial charge is 0.240 e. The summed E-state index contributed by atoms with van der Waals surface area (Å²) in [6.45, 7) is 4.22. The maximum atomic E-state index is 11.8. The normalized spacial score (nSPS) is 13.7. The van der Waals surface area contributed by atoms with Gasteiger partial charge >= 0.3 is 0 Å². The number of nitrogens with one attached hydrogen (secondary N) is 2. The number of hydrogen-bond acceptors (Lipinski definition) is 3. The minimum Gasteiger partial charge on any atom is -0.316 e. The van der Waals surface area contributed by atoms with Gasteiger partial charge in [0.1, 0.15) is 0 Å². The van der Waals surface area contributed by atoms with Crippen LogP contribution in [0.25, 0.3) is 0 Å². The Kier molecular flexibility index (Phi) is 4.46. The minimum absolute atomic E-state index is 0.111. The van der Waals surface area contributed by atoms with Crippen LogP contribution in [0.5, 0.6) is 0 Å². The van der Waals surface area contributed by atoms with Crippen molar-refractivity contribution in [2.75, 3.05) is 13.6 Å². The third-order valence-corrected chi connectivity index (χ3v) is 3.84. The molecule has 1 unspecified atom stereocenters. The summed E-state index contributed by atoms with van der Waals surface area (Å²) in [5.74, 6) is 0. The van der Waals surface area contributed by atoms with E-state index in [0.717, 1.165) is 5.56 Å². The molecule has 0 aromatic heterocycles. The van der Waals surface area contributed by atoms with Crippen molar-refractivity contribution in [2.45, 2.75) is 24.8 Å². The average molecular weight is 242 g/mol. The molecule has 4 nitrogen and oxygen atoms in total. The molecule has 1 atom stereocenters. The molecule has 0 heterocycles. The van der Waals surface area contributed by atoms with E-state index in [4.69, 9.17) is 0 Å². The lowest BCUT2D eigenvalue weighted by Gasteiger charge is -2.11. The highest BCUT2D eigenvalue weighted by molar-refractivity contribution is 7.89. The summed E-state index contributed by atoms with van der Waals surface area (Å²) in [4.78, 5) is 0.307. The summed E-state index contributed by atoms with van der Waals surface area (Å²) in [6.07, 6.45) is 0. The molecule has 0 fully saturated rings. The molecule has 0 radical (unpaired) electrons. The molecule has 0 spiro atoms. The highest BCUT2D eigenvalue weighted by Gasteiger charge is 2.13. The summed E-state index contributed by atoms with van der Waals surface area (Å²) >= 11 is 0. The number of hydrogen-bond donors (Lipinski definition) is 2. The lowest BCUT2D eigenvalue weighted by molar-refractivity contribution is 0.554. The van der Waals surface area contributed by atoms with Gasteiger partial charge in [-0.2, -0.15) is 0 Å². The molecule has 5 heteroatoms. The van der Waals surface area contributed by atoms with E-state index in [1.807, 2.05) is 13.8 Å². The van der Waals surface area contributed by atoms with Crippen LogP contribution in [0.15, 0.2) is 29.2 Å². The lowest BCUT2D eigenvalue weighted by Crippen LogP contribution is -2.37. The highest BCUT2D eigenvalue weighted by Crippen LogP contribution is 2.09. The van der Waals surface area contributed by atoms with Gasteiger partial charge in [-0.05, 0) is 33.0 Å². The van der Waals surface area contributed by atoms with Gasteiger partial charge in [0.05, 0.1) is 4.90 Å². The molecule has 0 aliphatic heterocycles. The predicted molar refractivity (Wildman–Crippen MR) is 64.9 cm³/mol. The van der Waals surface area contributed by atoms with Crippen molar-refractivity contribution < 1.29 is 8.42 Å². The molecule has 1 aromatic carbocycles. The Morgan fingerprint density at radius 2 is 1.81 bits per heavy atom. The quantitative estimate of drug-likeness (QED) is 0.806. The number of likely N-dealkylation sites (N-methyl/N-ethyl adjacent to an activating group) is 1. The van der Waals surface area contributed by atoms with Crippen LogP contribution in [0.1, 0.15) is 12.5 Å². The Bertz CT molecular complexity index is 426. The maximum absolute atomic E-state index is 11.8. The van der Waals surface area contributed by atoms with E-state index in [1.54, 1.807) is 31.3 Å². The standard InChI is InChI=1S/C11H18N2O2S/c1-9-4-6-11(7-5-9)16(14,15)13-8-10(2)12-3/h4-7,10,12-13H,8H2,1-3H3. The van der Waals surface area contributed by atoms with Gasteiger partial charge in [-0.3, -0.25) is 0 Å². The topological polar surface area (TPSA) is 58.2 Å². The molecular weight excluding hydrogens is 224 g/mol. The van der Waals surface area contributed by atoms with Crippen molar-refractivity contribution in [3.8, 4) is 0 Å². The Hall–Kier alpha value is -0.910. The largest absolute Gasteiger partial charge is 0.316 e. The maximum Gasteiger partial charge on any atom is 0.240 e. The molecule has 0 amide bonds. The second-order valence-electron chi connectivity index (χ2n) is 3.85. The number of sulfonamides is 1. The molecule has 0 bridgehead atoms. The molecule has 0 aliphatic rings. The Labute approximate surface area is 97.1 Å². The van der Waals surface area contributed by atoms with E-state index in [-0.39, 0.29) is 6.04 Å². The van der Waals surface area contributed by atoms with Gasteiger partial charge in [-0.25, -0.2) is 13.1 Å². The van der Waals surface area contributed by atoms with Crippen molar-refractivity contribution in [3.05, 3.63) is 29.8 Å². The molecule has 0 aliphatic carbocycles. The van der Waals surface area contributed by atoms with Gasteiger partial charge in [0, 0.05) is 12.6 Å². The molecule has 0 saturated carbocycles. The van der Waals surface area contributed by atoms with Crippen LogP contribution in [0.4, 0.5) is 0 Å². The molecule has 2 N–H and O–H groups in total. The molecular formula is C11H18N2O2S. The lowest BCUT2D eigenvalue weighted by atomic mass is 10.2. The van der Waals surface area contributed by atoms with E-state index in [9.17, 15) is 8.42 Å². The summed E-state index contributed by atoms with van der Waals surface area (Å²) in [7, 11) is -1.58. The summed E-state index contributed by atoms with van der Waals surface area (Å²) in [5, 5.41) is 2.97.